The van der Waals surface area contributed by atoms with Crippen LogP contribution in [-0.2, 0) is 16.1 Å². The van der Waals surface area contributed by atoms with Gasteiger partial charge in [0.1, 0.15) is 5.75 Å². The molecular weight excluding hydrogens is 232 g/mol. The van der Waals surface area contributed by atoms with E-state index < -0.39 is 6.10 Å². The molecule has 1 N–H and O–H groups in total. The number of hydrogen-bond acceptors (Lipinski definition) is 4. The molecule has 1 atom stereocenters. The fraction of sp³-hybridized carbons (Fsp3) is 0.500. The van der Waals surface area contributed by atoms with Crippen LogP contribution < -0.4 is 4.74 Å². The van der Waals surface area contributed by atoms with Gasteiger partial charge in [-0.1, -0.05) is 25.5 Å². The molecule has 0 aromatic heterocycles. The van der Waals surface area contributed by atoms with E-state index in [1.807, 2.05) is 0 Å². The van der Waals surface area contributed by atoms with Gasteiger partial charge in [0.25, 0.3) is 0 Å². The van der Waals surface area contributed by atoms with E-state index in [9.17, 15) is 4.79 Å². The standard InChI is InChI=1S/C14H20O4/c1-3-4-5-13(14(16)17-2)18-12-8-6-11(10-15)7-9-12/h6-9,13,15H,3-5,10H2,1-2H3. The van der Waals surface area contributed by atoms with Crippen molar-refractivity contribution in [2.45, 2.75) is 38.9 Å². The zero-order valence-corrected chi connectivity index (χ0v) is 10.9. The van der Waals surface area contributed by atoms with E-state index >= 15 is 0 Å². The van der Waals surface area contributed by atoms with Gasteiger partial charge in [0, 0.05) is 0 Å². The summed E-state index contributed by atoms with van der Waals surface area (Å²) < 4.78 is 10.3. The Morgan fingerprint density at radius 2 is 2.00 bits per heavy atom. The summed E-state index contributed by atoms with van der Waals surface area (Å²) in [5, 5.41) is 8.94. The first-order chi connectivity index (χ1) is 8.71. The Bertz CT molecular complexity index is 359. The summed E-state index contributed by atoms with van der Waals surface area (Å²) in [7, 11) is 1.36. The van der Waals surface area contributed by atoms with Crippen LogP contribution in [0.5, 0.6) is 5.75 Å². The molecule has 0 radical (unpaired) electrons. The van der Waals surface area contributed by atoms with Crippen molar-refractivity contribution in [2.24, 2.45) is 0 Å². The van der Waals surface area contributed by atoms with E-state index in [1.165, 1.54) is 7.11 Å². The lowest BCUT2D eigenvalue weighted by molar-refractivity contribution is -0.149. The lowest BCUT2D eigenvalue weighted by Crippen LogP contribution is -2.28. The number of benzene rings is 1. The zero-order chi connectivity index (χ0) is 13.4. The highest BCUT2D eigenvalue weighted by Gasteiger charge is 2.20. The Morgan fingerprint density at radius 1 is 1.33 bits per heavy atom. The molecule has 4 nitrogen and oxygen atoms in total. The molecule has 0 spiro atoms. The number of aliphatic hydroxyl groups excluding tert-OH is 1. The summed E-state index contributed by atoms with van der Waals surface area (Å²) in [5.74, 6) is 0.258. The van der Waals surface area contributed by atoms with Gasteiger partial charge in [-0.05, 0) is 30.5 Å². The molecule has 0 heterocycles. The van der Waals surface area contributed by atoms with Crippen LogP contribution in [0.25, 0.3) is 0 Å². The van der Waals surface area contributed by atoms with Gasteiger partial charge in [0.05, 0.1) is 13.7 Å². The molecule has 1 aromatic carbocycles. The average molecular weight is 252 g/mol. The number of unbranched alkanes of at least 4 members (excludes halogenated alkanes) is 1. The van der Waals surface area contributed by atoms with Crippen LogP contribution in [0.15, 0.2) is 24.3 Å². The highest BCUT2D eigenvalue weighted by Crippen LogP contribution is 2.17. The highest BCUT2D eigenvalue weighted by molar-refractivity contribution is 5.74. The van der Waals surface area contributed by atoms with Crippen molar-refractivity contribution >= 4 is 5.97 Å². The number of ether oxygens (including phenoxy) is 2. The van der Waals surface area contributed by atoms with Crippen molar-refractivity contribution in [1.29, 1.82) is 0 Å². The number of carbonyl (C=O) groups excluding carboxylic acids is 1. The quantitative estimate of drug-likeness (QED) is 0.756. The molecule has 0 bridgehead atoms. The first-order valence-corrected chi connectivity index (χ1v) is 6.15. The van der Waals surface area contributed by atoms with Gasteiger partial charge in [-0.3, -0.25) is 0 Å². The summed E-state index contributed by atoms with van der Waals surface area (Å²) in [5.41, 5.74) is 0.811. The van der Waals surface area contributed by atoms with E-state index in [0.717, 1.165) is 18.4 Å². The number of hydrogen-bond donors (Lipinski definition) is 1. The number of aliphatic hydroxyl groups is 1. The number of carbonyl (C=O) groups is 1. The van der Waals surface area contributed by atoms with Crippen molar-refractivity contribution in [2.75, 3.05) is 7.11 Å². The van der Waals surface area contributed by atoms with Crippen LogP contribution in [-0.4, -0.2) is 24.3 Å². The minimum Gasteiger partial charge on any atom is -0.479 e. The SMILES string of the molecule is CCCCC(Oc1ccc(CO)cc1)C(=O)OC. The minimum absolute atomic E-state index is 0.00343. The monoisotopic (exact) mass is 252 g/mol. The second-order valence-corrected chi connectivity index (χ2v) is 4.07. The third-order valence-corrected chi connectivity index (χ3v) is 2.67. The average Bonchev–Trinajstić information content (AvgIpc) is 2.43. The maximum Gasteiger partial charge on any atom is 0.347 e. The van der Waals surface area contributed by atoms with E-state index in [4.69, 9.17) is 14.6 Å². The van der Waals surface area contributed by atoms with Gasteiger partial charge in [0.2, 0.25) is 0 Å². The summed E-state index contributed by atoms with van der Waals surface area (Å²) >= 11 is 0. The van der Waals surface area contributed by atoms with E-state index in [-0.39, 0.29) is 12.6 Å². The predicted octanol–water partition coefficient (Wildman–Crippen LogP) is 2.29. The second-order valence-electron chi connectivity index (χ2n) is 4.07. The maximum atomic E-state index is 11.6. The normalized spacial score (nSPS) is 11.9. The van der Waals surface area contributed by atoms with Crippen LogP contribution in [0, 0.1) is 0 Å². The Morgan fingerprint density at radius 3 is 2.50 bits per heavy atom. The molecule has 0 saturated carbocycles. The van der Waals surface area contributed by atoms with Crippen molar-refractivity contribution in [3.8, 4) is 5.75 Å². The van der Waals surface area contributed by atoms with Crippen LogP contribution in [0.1, 0.15) is 31.7 Å². The van der Waals surface area contributed by atoms with E-state index in [2.05, 4.69) is 6.92 Å². The topological polar surface area (TPSA) is 55.8 Å². The molecule has 0 saturated heterocycles. The third-order valence-electron chi connectivity index (χ3n) is 2.67. The molecule has 1 unspecified atom stereocenters. The molecule has 0 amide bonds. The summed E-state index contributed by atoms with van der Waals surface area (Å²) in [6, 6.07) is 7.02. The van der Waals surface area contributed by atoms with Crippen molar-refractivity contribution in [3.05, 3.63) is 29.8 Å². The van der Waals surface area contributed by atoms with Gasteiger partial charge in [-0.2, -0.15) is 0 Å². The summed E-state index contributed by atoms with van der Waals surface area (Å²) in [4.78, 5) is 11.6. The van der Waals surface area contributed by atoms with Crippen molar-refractivity contribution in [1.82, 2.24) is 0 Å². The maximum absolute atomic E-state index is 11.6. The minimum atomic E-state index is -0.560. The molecular formula is C14H20O4. The molecule has 1 rings (SSSR count). The van der Waals surface area contributed by atoms with Gasteiger partial charge in [-0.25, -0.2) is 4.79 Å². The fourth-order valence-electron chi connectivity index (χ4n) is 1.58. The van der Waals surface area contributed by atoms with Gasteiger partial charge in [0.15, 0.2) is 6.10 Å². The third kappa shape index (κ3) is 4.37. The summed E-state index contributed by atoms with van der Waals surface area (Å²) in [6.45, 7) is 2.06. The molecule has 18 heavy (non-hydrogen) atoms. The van der Waals surface area contributed by atoms with E-state index in [1.54, 1.807) is 24.3 Å². The van der Waals surface area contributed by atoms with Crippen molar-refractivity contribution in [3.63, 3.8) is 0 Å². The fourth-order valence-corrected chi connectivity index (χ4v) is 1.58. The Hall–Kier alpha value is -1.55. The predicted molar refractivity (Wildman–Crippen MR) is 68.3 cm³/mol. The molecule has 4 heteroatoms. The largest absolute Gasteiger partial charge is 0.479 e. The molecule has 0 fully saturated rings. The molecule has 1 aromatic rings. The van der Waals surface area contributed by atoms with Gasteiger partial charge >= 0.3 is 5.97 Å². The smallest absolute Gasteiger partial charge is 0.347 e. The Balaban J connectivity index is 2.65. The second kappa shape index (κ2) is 7.71. The first kappa shape index (κ1) is 14.5. The van der Waals surface area contributed by atoms with E-state index in [0.29, 0.717) is 12.2 Å². The van der Waals surface area contributed by atoms with Gasteiger partial charge < -0.3 is 14.6 Å². The number of methoxy groups -OCH3 is 1. The van der Waals surface area contributed by atoms with Crippen LogP contribution in [0.4, 0.5) is 0 Å². The van der Waals surface area contributed by atoms with Crippen LogP contribution in [0.3, 0.4) is 0 Å². The zero-order valence-electron chi connectivity index (χ0n) is 10.9. The summed E-state index contributed by atoms with van der Waals surface area (Å²) in [6.07, 6.45) is 2.00. The van der Waals surface area contributed by atoms with Crippen LogP contribution in [0.2, 0.25) is 0 Å². The first-order valence-electron chi connectivity index (χ1n) is 6.15. The molecule has 0 aliphatic rings. The molecule has 0 aliphatic heterocycles. The Kier molecular flexibility index (Phi) is 6.22. The molecule has 100 valence electrons. The number of esters is 1. The van der Waals surface area contributed by atoms with Crippen molar-refractivity contribution < 1.29 is 19.4 Å². The van der Waals surface area contributed by atoms with Crippen LogP contribution >= 0.6 is 0 Å². The molecule has 0 aliphatic carbocycles. The van der Waals surface area contributed by atoms with Gasteiger partial charge in [-0.15, -0.1) is 0 Å². The highest BCUT2D eigenvalue weighted by atomic mass is 16.6. The lowest BCUT2D eigenvalue weighted by atomic mass is 10.1. The number of rotatable bonds is 7. The Labute approximate surface area is 108 Å². The lowest BCUT2D eigenvalue weighted by Gasteiger charge is -2.16.